The molecule has 0 bridgehead atoms. The molecule has 1 aliphatic heterocycles. The third-order valence-electron chi connectivity index (χ3n) is 3.94. The molecule has 0 aromatic carbocycles. The summed E-state index contributed by atoms with van der Waals surface area (Å²) in [5.74, 6) is 3.89. The molecule has 8 heteroatoms. The van der Waals surface area contributed by atoms with E-state index in [1.165, 1.54) is 0 Å². The summed E-state index contributed by atoms with van der Waals surface area (Å²) in [6, 6.07) is 0. The Bertz CT molecular complexity index is 741. The van der Waals surface area contributed by atoms with Crippen molar-refractivity contribution in [2.24, 2.45) is 5.92 Å². The average Bonchev–Trinajstić information content (AvgIpc) is 3.17. The molecule has 2 aromatic heterocycles. The zero-order valence-corrected chi connectivity index (χ0v) is 17.7. The zero-order valence-electron chi connectivity index (χ0n) is 13.2. The van der Waals surface area contributed by atoms with Gasteiger partial charge in [0.05, 0.1) is 0 Å². The quantitative estimate of drug-likeness (QED) is 0.493. The van der Waals surface area contributed by atoms with E-state index in [-0.39, 0.29) is 18.2 Å². The van der Waals surface area contributed by atoms with Crippen molar-refractivity contribution in [3.05, 3.63) is 6.33 Å². The van der Waals surface area contributed by atoms with E-state index in [9.17, 15) is 0 Å². The molecule has 0 amide bonds. The van der Waals surface area contributed by atoms with Gasteiger partial charge in [0.2, 0.25) is 0 Å². The van der Waals surface area contributed by atoms with Crippen molar-refractivity contribution in [1.82, 2.24) is 19.5 Å². The van der Waals surface area contributed by atoms with Crippen LogP contribution in [0.3, 0.4) is 0 Å². The van der Waals surface area contributed by atoms with Crippen LogP contribution in [-0.4, -0.2) is 58.3 Å². The van der Waals surface area contributed by atoms with Crippen LogP contribution >= 0.6 is 0 Å². The third-order valence-corrected chi connectivity index (χ3v) is 4.94. The molecule has 3 atom stereocenters. The summed E-state index contributed by atoms with van der Waals surface area (Å²) in [5, 5.41) is 0. The van der Waals surface area contributed by atoms with Crippen LogP contribution < -0.4 is 7.86 Å². The van der Waals surface area contributed by atoms with E-state index in [1.54, 1.807) is 6.33 Å². The maximum atomic E-state index is 6.11. The van der Waals surface area contributed by atoms with E-state index >= 15 is 0 Å². The summed E-state index contributed by atoms with van der Waals surface area (Å²) in [5.41, 5.74) is 1.32. The normalized spacial score (nSPS) is 23.7. The van der Waals surface area contributed by atoms with Crippen LogP contribution in [0.5, 0.6) is 5.88 Å². The van der Waals surface area contributed by atoms with E-state index in [4.69, 9.17) is 15.9 Å². The predicted octanol–water partition coefficient (Wildman–Crippen LogP) is 1.67. The Morgan fingerprint density at radius 3 is 3.00 bits per heavy atom. The summed E-state index contributed by atoms with van der Waals surface area (Å²) >= 11 is 0.536. The molecule has 0 saturated carbocycles. The molecule has 118 valence electrons. The van der Waals surface area contributed by atoms with Gasteiger partial charge in [-0.15, -0.1) is 0 Å². The van der Waals surface area contributed by atoms with Gasteiger partial charge in [-0.3, -0.25) is 0 Å². The predicted molar refractivity (Wildman–Crippen MR) is 87.0 cm³/mol. The fraction of sp³-hybridized carbons (Fsp3) is 0.533. The Morgan fingerprint density at radius 1 is 1.52 bits per heavy atom. The van der Waals surface area contributed by atoms with Gasteiger partial charge in [0, 0.05) is 0 Å². The standard InChI is InChI=1S/C15H18N5O2.Tl/c1-4-9-7-10(5-2)22-14(9)20-8-17-11-12(20)18-15(16)19-13(11)21-6-3;/h1,8-10,14H,5-7H2,2-3H3,(H-,16,18,19);/q-1;+1. The number of ether oxygens (including phenoxy) is 2. The molecule has 3 rings (SSSR count). The molecular formula is C15H18N5O2Tl. The summed E-state index contributed by atoms with van der Waals surface area (Å²) in [7, 11) is 0. The number of anilines is 1. The molecule has 0 spiro atoms. The average molecular weight is 505 g/mol. The van der Waals surface area contributed by atoms with Gasteiger partial charge in [-0.05, 0) is 0 Å². The SMILES string of the molecule is C#CC1CC(CC)OC1n1cnc2c(OCC)nc([NH][Tl])nc21. The second kappa shape index (κ2) is 7.00. The molecular weight excluding hydrogens is 487 g/mol. The number of imidazole rings is 1. The van der Waals surface area contributed by atoms with Crippen molar-refractivity contribution in [3.63, 3.8) is 0 Å². The Balaban J connectivity index is 2.08. The van der Waals surface area contributed by atoms with Crippen LogP contribution in [0.2, 0.25) is 0 Å². The van der Waals surface area contributed by atoms with Crippen LogP contribution in [0.1, 0.15) is 32.9 Å². The topological polar surface area (TPSA) is 74.1 Å². The van der Waals surface area contributed by atoms with Crippen molar-refractivity contribution >= 4 is 43.2 Å². The van der Waals surface area contributed by atoms with E-state index in [1.807, 2.05) is 11.5 Å². The monoisotopic (exact) mass is 505 g/mol. The number of aromatic nitrogens is 4. The Labute approximate surface area is 151 Å². The molecule has 3 unspecified atom stereocenters. The van der Waals surface area contributed by atoms with Gasteiger partial charge in [0.15, 0.2) is 0 Å². The molecule has 3 heterocycles. The second-order valence-corrected chi connectivity index (χ2v) is 6.44. The summed E-state index contributed by atoms with van der Waals surface area (Å²) in [6.45, 7) is 4.54. The first-order chi connectivity index (χ1) is 11.2. The number of hydrogen-bond acceptors (Lipinski definition) is 6. The van der Waals surface area contributed by atoms with Crippen molar-refractivity contribution in [2.45, 2.75) is 39.0 Å². The number of rotatable bonds is 5. The molecule has 1 N–H and O–H groups in total. The van der Waals surface area contributed by atoms with Gasteiger partial charge in [-0.25, -0.2) is 0 Å². The van der Waals surface area contributed by atoms with Crippen LogP contribution in [0.15, 0.2) is 6.33 Å². The van der Waals surface area contributed by atoms with Gasteiger partial charge >= 0.3 is 151 Å². The van der Waals surface area contributed by atoms with Crippen molar-refractivity contribution < 1.29 is 9.47 Å². The van der Waals surface area contributed by atoms with E-state index < -0.39 is 0 Å². The van der Waals surface area contributed by atoms with Crippen LogP contribution in [0.4, 0.5) is 5.95 Å². The summed E-state index contributed by atoms with van der Waals surface area (Å²) in [6.07, 6.45) is 9.13. The molecule has 1 saturated heterocycles. The minimum atomic E-state index is -0.247. The fourth-order valence-electron chi connectivity index (χ4n) is 2.80. The maximum absolute atomic E-state index is 6.11. The summed E-state index contributed by atoms with van der Waals surface area (Å²) < 4.78 is 16.7. The zero-order chi connectivity index (χ0) is 16.4. The Hall–Kier alpha value is -1.41. The van der Waals surface area contributed by atoms with Crippen molar-refractivity contribution in [2.75, 3.05) is 9.73 Å². The Kier molecular flexibility index (Phi) is 5.01. The van der Waals surface area contributed by atoms with Gasteiger partial charge in [-0.1, -0.05) is 0 Å². The molecule has 1 fully saturated rings. The fourth-order valence-corrected chi connectivity index (χ4v) is 3.30. The molecule has 1 aliphatic rings. The second-order valence-electron chi connectivity index (χ2n) is 5.32. The van der Waals surface area contributed by atoms with Gasteiger partial charge in [0.25, 0.3) is 0 Å². The Morgan fingerprint density at radius 2 is 2.35 bits per heavy atom. The van der Waals surface area contributed by atoms with E-state index in [2.05, 4.69) is 30.9 Å². The number of nitrogens with zero attached hydrogens (tertiary/aromatic N) is 4. The van der Waals surface area contributed by atoms with E-state index in [0.29, 0.717) is 55.7 Å². The first-order valence-electron chi connectivity index (χ1n) is 7.67. The van der Waals surface area contributed by atoms with Crippen LogP contribution in [0.25, 0.3) is 11.2 Å². The number of nitrogens with one attached hydrogen (secondary N) is 1. The third kappa shape index (κ3) is 3.01. The molecule has 0 aliphatic carbocycles. The van der Waals surface area contributed by atoms with Crippen LogP contribution in [0, 0.1) is 18.3 Å². The van der Waals surface area contributed by atoms with Crippen LogP contribution in [-0.2, 0) is 4.74 Å². The van der Waals surface area contributed by atoms with Crippen molar-refractivity contribution in [3.8, 4) is 18.2 Å². The first-order valence-corrected chi connectivity index (χ1v) is 9.91. The number of terminal acetylenes is 1. The van der Waals surface area contributed by atoms with E-state index in [0.717, 1.165) is 12.8 Å². The van der Waals surface area contributed by atoms with Gasteiger partial charge < -0.3 is 0 Å². The number of fused-ring (bicyclic) bond motifs is 1. The summed E-state index contributed by atoms with van der Waals surface area (Å²) in [4.78, 5) is 13.3. The molecule has 23 heavy (non-hydrogen) atoms. The van der Waals surface area contributed by atoms with Gasteiger partial charge in [-0.2, -0.15) is 0 Å². The van der Waals surface area contributed by atoms with Crippen molar-refractivity contribution in [1.29, 1.82) is 0 Å². The first kappa shape index (κ1) is 16.4. The molecule has 2 aromatic rings. The molecule has 7 nitrogen and oxygen atoms in total. The van der Waals surface area contributed by atoms with Gasteiger partial charge in [0.1, 0.15) is 0 Å². The molecule has 0 radical (unpaired) electrons. The minimum absolute atomic E-state index is 0.0112. The number of hydrogen-bond donors (Lipinski definition) is 1.